The number of rotatable bonds is 3. The highest BCUT2D eigenvalue weighted by Gasteiger charge is 2.11. The minimum absolute atomic E-state index is 0.0927. The Labute approximate surface area is 99.9 Å². The molecule has 0 heterocycles. The minimum atomic E-state index is -0.0927. The third kappa shape index (κ3) is 2.16. The summed E-state index contributed by atoms with van der Waals surface area (Å²) in [5.74, 6) is -0.0927. The maximum absolute atomic E-state index is 11.4. The lowest BCUT2D eigenvalue weighted by Crippen LogP contribution is -2.00. The predicted octanol–water partition coefficient (Wildman–Crippen LogP) is 3.37. The lowest BCUT2D eigenvalue weighted by Gasteiger charge is -2.08. The first-order valence-electron chi connectivity index (χ1n) is 5.38. The summed E-state index contributed by atoms with van der Waals surface area (Å²) in [4.78, 5) is 22.6. The second-order valence-corrected chi connectivity index (χ2v) is 3.81. The van der Waals surface area contributed by atoms with Gasteiger partial charge in [-0.1, -0.05) is 48.5 Å². The SMILES string of the molecule is CC(=O)c1cccc(-c2ccccc2)c1C=O. The quantitative estimate of drug-likeness (QED) is 0.591. The summed E-state index contributed by atoms with van der Waals surface area (Å²) in [5.41, 5.74) is 2.68. The van der Waals surface area contributed by atoms with Crippen LogP contribution in [0.25, 0.3) is 11.1 Å². The summed E-state index contributed by atoms with van der Waals surface area (Å²) in [6.45, 7) is 1.47. The van der Waals surface area contributed by atoms with E-state index in [0.29, 0.717) is 11.1 Å². The molecule has 17 heavy (non-hydrogen) atoms. The van der Waals surface area contributed by atoms with Crippen molar-refractivity contribution in [2.24, 2.45) is 0 Å². The molecule has 2 heteroatoms. The van der Waals surface area contributed by atoms with Crippen LogP contribution in [0.3, 0.4) is 0 Å². The highest BCUT2D eigenvalue weighted by molar-refractivity contribution is 6.05. The molecule has 0 aliphatic rings. The monoisotopic (exact) mass is 224 g/mol. The van der Waals surface area contributed by atoms with E-state index >= 15 is 0 Å². The summed E-state index contributed by atoms with van der Waals surface area (Å²) in [7, 11) is 0. The summed E-state index contributed by atoms with van der Waals surface area (Å²) in [6, 6.07) is 14.9. The number of carbonyl (C=O) groups excluding carboxylic acids is 2. The third-order valence-corrected chi connectivity index (χ3v) is 2.69. The first-order chi connectivity index (χ1) is 8.24. The first-order valence-corrected chi connectivity index (χ1v) is 5.38. The standard InChI is InChI=1S/C15H12O2/c1-11(17)13-8-5-9-14(15(13)10-16)12-6-3-2-4-7-12/h2-10H,1H3. The van der Waals surface area contributed by atoms with Gasteiger partial charge in [0.15, 0.2) is 12.1 Å². The molecule has 0 atom stereocenters. The molecule has 0 spiro atoms. The van der Waals surface area contributed by atoms with Gasteiger partial charge in [0, 0.05) is 11.1 Å². The van der Waals surface area contributed by atoms with E-state index in [1.165, 1.54) is 6.92 Å². The molecule has 0 aliphatic heterocycles. The highest BCUT2D eigenvalue weighted by atomic mass is 16.1. The number of hydrogen-bond donors (Lipinski definition) is 0. The molecule has 2 aromatic rings. The summed E-state index contributed by atoms with van der Waals surface area (Å²) >= 11 is 0. The minimum Gasteiger partial charge on any atom is -0.298 e. The van der Waals surface area contributed by atoms with Gasteiger partial charge in [-0.25, -0.2) is 0 Å². The van der Waals surface area contributed by atoms with Crippen molar-refractivity contribution in [2.75, 3.05) is 0 Å². The molecule has 0 aliphatic carbocycles. The molecule has 0 radical (unpaired) electrons. The van der Waals surface area contributed by atoms with Crippen molar-refractivity contribution in [3.05, 3.63) is 59.7 Å². The van der Waals surface area contributed by atoms with Gasteiger partial charge in [-0.3, -0.25) is 9.59 Å². The van der Waals surface area contributed by atoms with Crippen molar-refractivity contribution >= 4 is 12.1 Å². The van der Waals surface area contributed by atoms with Gasteiger partial charge < -0.3 is 0 Å². The molecular formula is C15H12O2. The van der Waals surface area contributed by atoms with Crippen molar-refractivity contribution in [1.82, 2.24) is 0 Å². The summed E-state index contributed by atoms with van der Waals surface area (Å²) < 4.78 is 0. The van der Waals surface area contributed by atoms with E-state index in [2.05, 4.69) is 0 Å². The fourth-order valence-corrected chi connectivity index (χ4v) is 1.87. The largest absolute Gasteiger partial charge is 0.298 e. The van der Waals surface area contributed by atoms with E-state index in [0.717, 1.165) is 17.4 Å². The van der Waals surface area contributed by atoms with Gasteiger partial charge in [-0.05, 0) is 18.1 Å². The van der Waals surface area contributed by atoms with E-state index in [4.69, 9.17) is 0 Å². The second-order valence-electron chi connectivity index (χ2n) is 3.81. The van der Waals surface area contributed by atoms with Gasteiger partial charge >= 0.3 is 0 Å². The Bertz CT molecular complexity index is 556. The van der Waals surface area contributed by atoms with Crippen molar-refractivity contribution in [1.29, 1.82) is 0 Å². The predicted molar refractivity (Wildman–Crippen MR) is 67.3 cm³/mol. The van der Waals surface area contributed by atoms with Crippen molar-refractivity contribution in [3.63, 3.8) is 0 Å². The number of carbonyl (C=O) groups is 2. The summed E-state index contributed by atoms with van der Waals surface area (Å²) in [6.07, 6.45) is 0.749. The number of hydrogen-bond acceptors (Lipinski definition) is 2. The van der Waals surface area contributed by atoms with Gasteiger partial charge in [-0.15, -0.1) is 0 Å². The number of aldehydes is 1. The fraction of sp³-hybridized carbons (Fsp3) is 0.0667. The molecule has 0 bridgehead atoms. The molecule has 2 aromatic carbocycles. The Morgan fingerprint density at radius 3 is 2.29 bits per heavy atom. The maximum Gasteiger partial charge on any atom is 0.160 e. The van der Waals surface area contributed by atoms with E-state index < -0.39 is 0 Å². The zero-order valence-corrected chi connectivity index (χ0v) is 9.51. The second kappa shape index (κ2) is 4.74. The molecule has 2 rings (SSSR count). The van der Waals surface area contributed by atoms with Crippen LogP contribution in [-0.4, -0.2) is 12.1 Å². The molecule has 84 valence electrons. The van der Waals surface area contributed by atoms with Gasteiger partial charge in [0.05, 0.1) is 0 Å². The van der Waals surface area contributed by atoms with Crippen LogP contribution in [0.15, 0.2) is 48.5 Å². The molecule has 0 unspecified atom stereocenters. The van der Waals surface area contributed by atoms with Gasteiger partial charge in [0.2, 0.25) is 0 Å². The van der Waals surface area contributed by atoms with Crippen LogP contribution in [0, 0.1) is 0 Å². The molecule has 0 amide bonds. The van der Waals surface area contributed by atoms with Crippen LogP contribution in [0.1, 0.15) is 27.6 Å². The first kappa shape index (κ1) is 11.3. The van der Waals surface area contributed by atoms with Crippen molar-refractivity contribution < 1.29 is 9.59 Å². The number of benzene rings is 2. The molecule has 0 fully saturated rings. The van der Waals surface area contributed by atoms with Crippen molar-refractivity contribution in [2.45, 2.75) is 6.92 Å². The maximum atomic E-state index is 11.4. The Kier molecular flexibility index (Phi) is 3.15. The van der Waals surface area contributed by atoms with Gasteiger partial charge in [-0.2, -0.15) is 0 Å². The van der Waals surface area contributed by atoms with Crippen LogP contribution in [0.5, 0.6) is 0 Å². The zero-order chi connectivity index (χ0) is 12.3. The molecule has 0 aromatic heterocycles. The van der Waals surface area contributed by atoms with Crippen LogP contribution in [-0.2, 0) is 0 Å². The van der Waals surface area contributed by atoms with E-state index in [1.54, 1.807) is 12.1 Å². The Morgan fingerprint density at radius 1 is 1.00 bits per heavy atom. The van der Waals surface area contributed by atoms with E-state index in [9.17, 15) is 9.59 Å². The Hall–Kier alpha value is -2.22. The smallest absolute Gasteiger partial charge is 0.160 e. The molecule has 0 N–H and O–H groups in total. The lowest BCUT2D eigenvalue weighted by molar-refractivity contribution is 0.101. The number of ketones is 1. The van der Waals surface area contributed by atoms with Crippen LogP contribution >= 0.6 is 0 Å². The molecular weight excluding hydrogens is 212 g/mol. The van der Waals surface area contributed by atoms with Crippen molar-refractivity contribution in [3.8, 4) is 11.1 Å². The fourth-order valence-electron chi connectivity index (χ4n) is 1.87. The topological polar surface area (TPSA) is 34.1 Å². The summed E-state index contributed by atoms with van der Waals surface area (Å²) in [5, 5.41) is 0. The molecule has 2 nitrogen and oxygen atoms in total. The van der Waals surface area contributed by atoms with E-state index in [1.807, 2.05) is 36.4 Å². The Morgan fingerprint density at radius 2 is 1.71 bits per heavy atom. The van der Waals surface area contributed by atoms with E-state index in [-0.39, 0.29) is 5.78 Å². The normalized spacial score (nSPS) is 9.94. The number of Topliss-reactive ketones (excluding diaryl/α,β-unsaturated/α-hetero) is 1. The third-order valence-electron chi connectivity index (χ3n) is 2.69. The van der Waals surface area contributed by atoms with Gasteiger partial charge in [0.1, 0.15) is 0 Å². The average Bonchev–Trinajstić information content (AvgIpc) is 2.38. The van der Waals surface area contributed by atoms with Crippen LogP contribution in [0.4, 0.5) is 0 Å². The Balaban J connectivity index is 2.67. The zero-order valence-electron chi connectivity index (χ0n) is 9.51. The highest BCUT2D eigenvalue weighted by Crippen LogP contribution is 2.25. The van der Waals surface area contributed by atoms with Crippen LogP contribution < -0.4 is 0 Å². The molecule has 0 saturated heterocycles. The lowest BCUT2D eigenvalue weighted by atomic mass is 9.95. The van der Waals surface area contributed by atoms with Gasteiger partial charge in [0.25, 0.3) is 0 Å². The van der Waals surface area contributed by atoms with Crippen LogP contribution in [0.2, 0.25) is 0 Å². The molecule has 0 saturated carbocycles. The average molecular weight is 224 g/mol.